The highest BCUT2D eigenvalue weighted by molar-refractivity contribution is 6.00. The lowest BCUT2D eigenvalue weighted by Crippen LogP contribution is -2.32. The standard InChI is InChI=1S/C19H28N2O/c1-15-9-10-18(21-11-5-6-12-21)17(13-15)19(22)20(2)14-16-7-3-4-8-16/h9-10,13,16H,3-8,11-12,14H2,1-2H3. The number of aryl methyl sites for hydroxylation is 1. The minimum atomic E-state index is 0.192. The van der Waals surface area contributed by atoms with Crippen molar-refractivity contribution in [3.05, 3.63) is 29.3 Å². The highest BCUT2D eigenvalue weighted by Gasteiger charge is 2.24. The van der Waals surface area contributed by atoms with Crippen LogP contribution in [-0.2, 0) is 0 Å². The van der Waals surface area contributed by atoms with Gasteiger partial charge in [-0.05, 0) is 50.7 Å². The van der Waals surface area contributed by atoms with E-state index in [2.05, 4.69) is 30.0 Å². The first-order valence-corrected chi connectivity index (χ1v) is 8.76. The van der Waals surface area contributed by atoms with Crippen molar-refractivity contribution in [3.63, 3.8) is 0 Å². The van der Waals surface area contributed by atoms with E-state index in [1.165, 1.54) is 44.1 Å². The minimum absolute atomic E-state index is 0.192. The van der Waals surface area contributed by atoms with E-state index < -0.39 is 0 Å². The van der Waals surface area contributed by atoms with Gasteiger partial charge in [-0.25, -0.2) is 0 Å². The molecule has 0 unspecified atom stereocenters. The van der Waals surface area contributed by atoms with Gasteiger partial charge in [-0.2, -0.15) is 0 Å². The van der Waals surface area contributed by atoms with Crippen molar-refractivity contribution >= 4 is 11.6 Å². The predicted octanol–water partition coefficient (Wildman–Crippen LogP) is 3.86. The summed E-state index contributed by atoms with van der Waals surface area (Å²) in [6, 6.07) is 6.33. The number of amides is 1. The molecule has 1 heterocycles. The van der Waals surface area contributed by atoms with Gasteiger partial charge in [0, 0.05) is 32.4 Å². The number of hydrogen-bond donors (Lipinski definition) is 0. The quantitative estimate of drug-likeness (QED) is 0.843. The van der Waals surface area contributed by atoms with Crippen LogP contribution in [0.3, 0.4) is 0 Å². The van der Waals surface area contributed by atoms with E-state index in [9.17, 15) is 4.79 Å². The van der Waals surface area contributed by atoms with Gasteiger partial charge >= 0.3 is 0 Å². The summed E-state index contributed by atoms with van der Waals surface area (Å²) in [5, 5.41) is 0. The van der Waals surface area contributed by atoms with E-state index in [0.29, 0.717) is 5.92 Å². The summed E-state index contributed by atoms with van der Waals surface area (Å²) in [7, 11) is 1.97. The summed E-state index contributed by atoms with van der Waals surface area (Å²) in [5.74, 6) is 0.895. The molecule has 3 nitrogen and oxygen atoms in total. The summed E-state index contributed by atoms with van der Waals surface area (Å²) in [4.78, 5) is 17.3. The van der Waals surface area contributed by atoms with Crippen LogP contribution in [0.25, 0.3) is 0 Å². The van der Waals surface area contributed by atoms with Gasteiger partial charge in [0.2, 0.25) is 0 Å². The van der Waals surface area contributed by atoms with Crippen LogP contribution in [-0.4, -0.2) is 37.5 Å². The van der Waals surface area contributed by atoms with Crippen molar-refractivity contribution in [2.75, 3.05) is 31.6 Å². The van der Waals surface area contributed by atoms with Gasteiger partial charge in [0.15, 0.2) is 0 Å². The maximum absolute atomic E-state index is 13.0. The van der Waals surface area contributed by atoms with Gasteiger partial charge in [0.05, 0.1) is 5.56 Å². The molecule has 0 spiro atoms. The Morgan fingerprint density at radius 3 is 2.55 bits per heavy atom. The lowest BCUT2D eigenvalue weighted by Gasteiger charge is -2.26. The Hall–Kier alpha value is -1.51. The molecule has 3 heteroatoms. The largest absolute Gasteiger partial charge is 0.371 e. The third kappa shape index (κ3) is 3.29. The molecule has 0 radical (unpaired) electrons. The molecule has 2 fully saturated rings. The zero-order valence-electron chi connectivity index (χ0n) is 14.0. The highest BCUT2D eigenvalue weighted by atomic mass is 16.2. The van der Waals surface area contributed by atoms with Gasteiger partial charge in [-0.3, -0.25) is 4.79 Å². The zero-order valence-corrected chi connectivity index (χ0v) is 14.0. The maximum Gasteiger partial charge on any atom is 0.255 e. The molecule has 120 valence electrons. The Balaban J connectivity index is 1.79. The number of anilines is 1. The van der Waals surface area contributed by atoms with E-state index in [1.807, 2.05) is 11.9 Å². The first-order valence-electron chi connectivity index (χ1n) is 8.76. The normalized spacial score (nSPS) is 18.9. The molecule has 0 aromatic heterocycles. The predicted molar refractivity (Wildman–Crippen MR) is 91.5 cm³/mol. The summed E-state index contributed by atoms with van der Waals surface area (Å²) in [6.07, 6.45) is 7.69. The number of carbonyl (C=O) groups excluding carboxylic acids is 1. The SMILES string of the molecule is Cc1ccc(N2CCCC2)c(C(=O)N(C)CC2CCCC2)c1. The molecule has 1 saturated heterocycles. The third-order valence-electron chi connectivity index (χ3n) is 5.18. The average molecular weight is 300 g/mol. The van der Waals surface area contributed by atoms with Crippen LogP contribution in [0.4, 0.5) is 5.69 Å². The molecular formula is C19H28N2O. The molecule has 3 rings (SSSR count). The van der Waals surface area contributed by atoms with Crippen LogP contribution < -0.4 is 4.90 Å². The molecular weight excluding hydrogens is 272 g/mol. The Bertz CT molecular complexity index is 528. The van der Waals surface area contributed by atoms with Crippen LogP contribution in [0.5, 0.6) is 0 Å². The number of hydrogen-bond acceptors (Lipinski definition) is 2. The number of rotatable bonds is 4. The Morgan fingerprint density at radius 2 is 1.86 bits per heavy atom. The fourth-order valence-corrected chi connectivity index (χ4v) is 3.92. The Labute approximate surface area is 134 Å². The second-order valence-electron chi connectivity index (χ2n) is 7.05. The lowest BCUT2D eigenvalue weighted by molar-refractivity contribution is 0.0774. The van der Waals surface area contributed by atoms with E-state index >= 15 is 0 Å². The van der Waals surface area contributed by atoms with Crippen LogP contribution >= 0.6 is 0 Å². The maximum atomic E-state index is 13.0. The van der Waals surface area contributed by atoms with Crippen LogP contribution in [0, 0.1) is 12.8 Å². The molecule has 1 aliphatic heterocycles. The first-order chi connectivity index (χ1) is 10.6. The van der Waals surface area contributed by atoms with Crippen molar-refractivity contribution in [1.29, 1.82) is 0 Å². The summed E-state index contributed by atoms with van der Waals surface area (Å²) >= 11 is 0. The lowest BCUT2D eigenvalue weighted by atomic mass is 10.0. The molecule has 1 saturated carbocycles. The molecule has 1 aliphatic carbocycles. The molecule has 22 heavy (non-hydrogen) atoms. The van der Waals surface area contributed by atoms with E-state index in [1.54, 1.807) is 0 Å². The van der Waals surface area contributed by atoms with Crippen LogP contribution in [0.1, 0.15) is 54.4 Å². The van der Waals surface area contributed by atoms with E-state index in [4.69, 9.17) is 0 Å². The molecule has 0 bridgehead atoms. The van der Waals surface area contributed by atoms with Crippen molar-refractivity contribution in [2.24, 2.45) is 5.92 Å². The van der Waals surface area contributed by atoms with Crippen LogP contribution in [0.2, 0.25) is 0 Å². The van der Waals surface area contributed by atoms with Gasteiger partial charge in [0.1, 0.15) is 0 Å². The number of carbonyl (C=O) groups is 1. The molecule has 0 N–H and O–H groups in total. The molecule has 0 atom stereocenters. The number of benzene rings is 1. The van der Waals surface area contributed by atoms with Crippen molar-refractivity contribution < 1.29 is 4.79 Å². The topological polar surface area (TPSA) is 23.6 Å². The molecule has 1 aromatic carbocycles. The highest BCUT2D eigenvalue weighted by Crippen LogP contribution is 2.29. The second-order valence-corrected chi connectivity index (χ2v) is 7.05. The fourth-order valence-electron chi connectivity index (χ4n) is 3.92. The second kappa shape index (κ2) is 6.72. The summed E-state index contributed by atoms with van der Waals surface area (Å²) in [6.45, 7) is 5.14. The summed E-state index contributed by atoms with van der Waals surface area (Å²) in [5.41, 5.74) is 3.19. The van der Waals surface area contributed by atoms with Gasteiger partial charge < -0.3 is 9.80 Å². The summed E-state index contributed by atoms with van der Waals surface area (Å²) < 4.78 is 0. The third-order valence-corrected chi connectivity index (χ3v) is 5.18. The fraction of sp³-hybridized carbons (Fsp3) is 0.632. The van der Waals surface area contributed by atoms with Crippen molar-refractivity contribution in [3.8, 4) is 0 Å². The van der Waals surface area contributed by atoms with Crippen molar-refractivity contribution in [2.45, 2.75) is 45.4 Å². The first kappa shape index (κ1) is 15.4. The van der Waals surface area contributed by atoms with E-state index in [-0.39, 0.29) is 5.91 Å². The minimum Gasteiger partial charge on any atom is -0.371 e. The smallest absolute Gasteiger partial charge is 0.255 e. The van der Waals surface area contributed by atoms with E-state index in [0.717, 1.165) is 30.9 Å². The monoisotopic (exact) mass is 300 g/mol. The Morgan fingerprint density at radius 1 is 1.18 bits per heavy atom. The van der Waals surface area contributed by atoms with Gasteiger partial charge in [-0.1, -0.05) is 24.5 Å². The average Bonchev–Trinajstić information content (AvgIpc) is 3.19. The zero-order chi connectivity index (χ0) is 15.5. The van der Waals surface area contributed by atoms with Gasteiger partial charge in [-0.15, -0.1) is 0 Å². The molecule has 2 aliphatic rings. The Kier molecular flexibility index (Phi) is 4.70. The number of nitrogens with zero attached hydrogens (tertiary/aromatic N) is 2. The molecule has 1 amide bonds. The van der Waals surface area contributed by atoms with Crippen LogP contribution in [0.15, 0.2) is 18.2 Å². The van der Waals surface area contributed by atoms with Gasteiger partial charge in [0.25, 0.3) is 5.91 Å². The van der Waals surface area contributed by atoms with Crippen molar-refractivity contribution in [1.82, 2.24) is 4.90 Å². The molecule has 1 aromatic rings.